The lowest BCUT2D eigenvalue weighted by atomic mass is 9.95. The number of aliphatic hydroxyl groups excluding tert-OH is 1. The summed E-state index contributed by atoms with van der Waals surface area (Å²) in [5, 5.41) is 11.5. The maximum Gasteiger partial charge on any atom is 0.295 e. The van der Waals surface area contributed by atoms with Crippen LogP contribution < -0.4 is 9.47 Å². The Morgan fingerprint density at radius 2 is 1.73 bits per heavy atom. The number of likely N-dealkylation sites (tertiary alicyclic amines) is 1. The zero-order chi connectivity index (χ0) is 24.3. The molecule has 1 atom stereocenters. The number of aliphatic hydroxyl groups is 1. The van der Waals surface area contributed by atoms with Crippen LogP contribution in [0, 0.1) is 0 Å². The number of rotatable bonds is 8. The molecule has 7 nitrogen and oxygen atoms in total. The fourth-order valence-electron chi connectivity index (χ4n) is 3.94. The molecule has 2 aromatic rings. The maximum absolute atomic E-state index is 13.2. The highest BCUT2D eigenvalue weighted by atomic mass is 35.5. The molecule has 1 aliphatic heterocycles. The third-order valence-corrected chi connectivity index (χ3v) is 6.08. The fourth-order valence-corrected chi connectivity index (χ4v) is 4.63. The van der Waals surface area contributed by atoms with E-state index in [-0.39, 0.29) is 32.7 Å². The van der Waals surface area contributed by atoms with E-state index in [1.807, 2.05) is 49.3 Å². The second-order valence-corrected chi connectivity index (χ2v) is 8.63. The van der Waals surface area contributed by atoms with Crippen molar-refractivity contribution in [2.75, 3.05) is 41.4 Å². The standard InChI is InChI=1S/C24H26Cl2N2O5/c1-27(2)11-8-12-28-19(14-9-6-5-7-10-14)17(21(30)24(28)31)20(29)15-13-16(25)23(33-4)18(26)22(15)32-3/h5-7,9-10,13,19,29H,8,11-12H2,1-4H3/b20-17+. The van der Waals surface area contributed by atoms with E-state index in [2.05, 4.69) is 0 Å². The Balaban J connectivity index is 2.20. The van der Waals surface area contributed by atoms with Crippen LogP contribution in [0.15, 0.2) is 42.0 Å². The van der Waals surface area contributed by atoms with Crippen molar-refractivity contribution in [3.8, 4) is 11.5 Å². The highest BCUT2D eigenvalue weighted by molar-refractivity contribution is 6.47. The zero-order valence-electron chi connectivity index (χ0n) is 18.9. The molecule has 1 N–H and O–H groups in total. The molecule has 9 heteroatoms. The number of carbonyl (C=O) groups is 2. The molecular formula is C24H26Cl2N2O5. The molecule has 1 saturated heterocycles. The maximum atomic E-state index is 13.2. The molecule has 0 radical (unpaired) electrons. The quantitative estimate of drug-likeness (QED) is 0.334. The van der Waals surface area contributed by atoms with Gasteiger partial charge in [-0.25, -0.2) is 0 Å². The normalized spacial score (nSPS) is 17.7. The summed E-state index contributed by atoms with van der Waals surface area (Å²) in [6.07, 6.45) is 0.660. The van der Waals surface area contributed by atoms with Crippen molar-refractivity contribution in [3.05, 3.63) is 63.1 Å². The first kappa shape index (κ1) is 24.9. The van der Waals surface area contributed by atoms with E-state index >= 15 is 0 Å². The Hall–Kier alpha value is -2.74. The minimum Gasteiger partial charge on any atom is -0.507 e. The highest BCUT2D eigenvalue weighted by Crippen LogP contribution is 2.47. The van der Waals surface area contributed by atoms with Crippen molar-refractivity contribution < 1.29 is 24.2 Å². The summed E-state index contributed by atoms with van der Waals surface area (Å²) in [6, 6.07) is 9.74. The van der Waals surface area contributed by atoms with Gasteiger partial charge in [-0.1, -0.05) is 53.5 Å². The summed E-state index contributed by atoms with van der Waals surface area (Å²) in [7, 11) is 6.65. The van der Waals surface area contributed by atoms with E-state index in [9.17, 15) is 14.7 Å². The molecule has 33 heavy (non-hydrogen) atoms. The van der Waals surface area contributed by atoms with Gasteiger partial charge in [-0.2, -0.15) is 0 Å². The number of ketones is 1. The van der Waals surface area contributed by atoms with E-state index in [1.165, 1.54) is 25.2 Å². The van der Waals surface area contributed by atoms with Crippen LogP contribution in [0.2, 0.25) is 10.0 Å². The molecule has 1 unspecified atom stereocenters. The van der Waals surface area contributed by atoms with E-state index in [1.54, 1.807) is 0 Å². The number of methoxy groups -OCH3 is 2. The smallest absolute Gasteiger partial charge is 0.295 e. The van der Waals surface area contributed by atoms with Crippen LogP contribution in [-0.4, -0.2) is 68.0 Å². The fraction of sp³-hybridized carbons (Fsp3) is 0.333. The second-order valence-electron chi connectivity index (χ2n) is 7.85. The van der Waals surface area contributed by atoms with Gasteiger partial charge in [-0.15, -0.1) is 0 Å². The molecule has 0 bridgehead atoms. The van der Waals surface area contributed by atoms with Gasteiger partial charge in [0.1, 0.15) is 10.8 Å². The van der Waals surface area contributed by atoms with Crippen LogP contribution in [0.25, 0.3) is 5.76 Å². The van der Waals surface area contributed by atoms with Gasteiger partial charge in [-0.3, -0.25) is 9.59 Å². The predicted molar refractivity (Wildman–Crippen MR) is 128 cm³/mol. The van der Waals surface area contributed by atoms with Crippen molar-refractivity contribution in [2.24, 2.45) is 0 Å². The topological polar surface area (TPSA) is 79.3 Å². The zero-order valence-corrected chi connectivity index (χ0v) is 20.4. The van der Waals surface area contributed by atoms with Crippen molar-refractivity contribution in [1.82, 2.24) is 9.80 Å². The summed E-state index contributed by atoms with van der Waals surface area (Å²) in [5.41, 5.74) is 0.750. The van der Waals surface area contributed by atoms with Crippen LogP contribution in [0.1, 0.15) is 23.6 Å². The minimum absolute atomic E-state index is 0.0468. The summed E-state index contributed by atoms with van der Waals surface area (Å²) in [5.74, 6) is -1.61. The van der Waals surface area contributed by atoms with Crippen LogP contribution in [0.5, 0.6) is 11.5 Å². The first-order chi connectivity index (χ1) is 15.7. The summed E-state index contributed by atoms with van der Waals surface area (Å²) < 4.78 is 10.6. The van der Waals surface area contributed by atoms with E-state index < -0.39 is 23.5 Å². The first-order valence-corrected chi connectivity index (χ1v) is 11.1. The minimum atomic E-state index is -0.781. The molecule has 0 aromatic heterocycles. The first-order valence-electron chi connectivity index (χ1n) is 10.3. The number of halogens is 2. The Morgan fingerprint density at radius 1 is 1.09 bits per heavy atom. The molecule has 1 amide bonds. The number of hydrogen-bond donors (Lipinski definition) is 1. The molecule has 0 spiro atoms. The molecule has 1 fully saturated rings. The van der Waals surface area contributed by atoms with Gasteiger partial charge in [0.2, 0.25) is 0 Å². The van der Waals surface area contributed by atoms with E-state index in [0.717, 1.165) is 6.54 Å². The lowest BCUT2D eigenvalue weighted by molar-refractivity contribution is -0.139. The summed E-state index contributed by atoms with van der Waals surface area (Å²) in [4.78, 5) is 29.7. The predicted octanol–water partition coefficient (Wildman–Crippen LogP) is 4.38. The highest BCUT2D eigenvalue weighted by Gasteiger charge is 2.46. The number of ether oxygens (including phenoxy) is 2. The summed E-state index contributed by atoms with van der Waals surface area (Å²) in [6.45, 7) is 1.09. The number of Topliss-reactive ketones (excluding diaryl/α,β-unsaturated/α-hetero) is 1. The number of amides is 1. The average molecular weight is 493 g/mol. The molecular weight excluding hydrogens is 467 g/mol. The molecule has 1 aliphatic rings. The average Bonchev–Trinajstić information content (AvgIpc) is 3.04. The largest absolute Gasteiger partial charge is 0.507 e. The molecule has 2 aromatic carbocycles. The number of nitrogens with zero attached hydrogens (tertiary/aromatic N) is 2. The molecule has 0 saturated carbocycles. The molecule has 1 heterocycles. The number of benzene rings is 2. The molecule has 176 valence electrons. The van der Waals surface area contributed by atoms with E-state index in [0.29, 0.717) is 18.5 Å². The lowest BCUT2D eigenvalue weighted by Gasteiger charge is -2.26. The Kier molecular flexibility index (Phi) is 7.89. The SMILES string of the molecule is COc1c(Cl)cc(/C(O)=C2\C(=O)C(=O)N(CCCN(C)C)C2c2ccccc2)c(OC)c1Cl. The van der Waals surface area contributed by atoms with Crippen LogP contribution in [-0.2, 0) is 9.59 Å². The Morgan fingerprint density at radius 3 is 2.30 bits per heavy atom. The van der Waals surface area contributed by atoms with Crippen molar-refractivity contribution in [3.63, 3.8) is 0 Å². The molecule has 3 rings (SSSR count). The Labute approximate surface area is 203 Å². The van der Waals surface area contributed by atoms with Crippen LogP contribution in [0.3, 0.4) is 0 Å². The molecule has 0 aliphatic carbocycles. The van der Waals surface area contributed by atoms with Gasteiger partial charge in [0.25, 0.3) is 11.7 Å². The van der Waals surface area contributed by atoms with Gasteiger partial charge in [0.05, 0.1) is 36.4 Å². The van der Waals surface area contributed by atoms with Gasteiger partial charge < -0.3 is 24.4 Å². The van der Waals surface area contributed by atoms with Crippen molar-refractivity contribution in [2.45, 2.75) is 12.5 Å². The third-order valence-electron chi connectivity index (χ3n) is 5.45. The summed E-state index contributed by atoms with van der Waals surface area (Å²) >= 11 is 12.7. The van der Waals surface area contributed by atoms with Gasteiger partial charge in [0, 0.05) is 6.54 Å². The third kappa shape index (κ3) is 4.81. The van der Waals surface area contributed by atoms with E-state index in [4.69, 9.17) is 32.7 Å². The van der Waals surface area contributed by atoms with Gasteiger partial charge in [-0.05, 0) is 38.7 Å². The monoisotopic (exact) mass is 492 g/mol. The second kappa shape index (κ2) is 10.5. The number of carbonyl (C=O) groups excluding carboxylic acids is 2. The van der Waals surface area contributed by atoms with Gasteiger partial charge in [0.15, 0.2) is 11.5 Å². The van der Waals surface area contributed by atoms with Crippen molar-refractivity contribution >= 4 is 40.7 Å². The van der Waals surface area contributed by atoms with Gasteiger partial charge >= 0.3 is 0 Å². The Bertz CT molecular complexity index is 1090. The lowest BCUT2D eigenvalue weighted by Crippen LogP contribution is -2.32. The number of hydrogen-bond acceptors (Lipinski definition) is 6. The van der Waals surface area contributed by atoms with Crippen molar-refractivity contribution in [1.29, 1.82) is 0 Å². The van der Waals surface area contributed by atoms with Crippen LogP contribution in [0.4, 0.5) is 0 Å². The van der Waals surface area contributed by atoms with Crippen LogP contribution >= 0.6 is 23.2 Å².